The van der Waals surface area contributed by atoms with Crippen molar-refractivity contribution >= 4 is 23.8 Å². The number of aromatic nitrogens is 1. The SMILES string of the molecule is COC(=O)CCc1c(NC(=O)OCc2ccccc2)[nH]c(C)c1CC(=O)OC. The van der Waals surface area contributed by atoms with Crippen LogP contribution in [0.5, 0.6) is 0 Å². The smallest absolute Gasteiger partial charge is 0.413 e. The van der Waals surface area contributed by atoms with Crippen LogP contribution in [0.1, 0.15) is 28.8 Å². The fourth-order valence-corrected chi connectivity index (χ4v) is 2.74. The summed E-state index contributed by atoms with van der Waals surface area (Å²) in [6, 6.07) is 9.29. The molecule has 1 amide bonds. The molecule has 0 atom stereocenters. The number of aromatic amines is 1. The number of aryl methyl sites for hydroxylation is 1. The van der Waals surface area contributed by atoms with E-state index in [0.29, 0.717) is 22.6 Å². The van der Waals surface area contributed by atoms with E-state index in [9.17, 15) is 14.4 Å². The third kappa shape index (κ3) is 5.87. The Morgan fingerprint density at radius 2 is 1.68 bits per heavy atom. The number of nitrogens with one attached hydrogen (secondary N) is 2. The Morgan fingerprint density at radius 1 is 1.00 bits per heavy atom. The zero-order chi connectivity index (χ0) is 20.5. The zero-order valence-corrected chi connectivity index (χ0v) is 16.2. The second kappa shape index (κ2) is 10.1. The lowest BCUT2D eigenvalue weighted by atomic mass is 10.0. The van der Waals surface area contributed by atoms with Gasteiger partial charge in [0.15, 0.2) is 0 Å². The van der Waals surface area contributed by atoms with Crippen molar-refractivity contribution in [2.75, 3.05) is 19.5 Å². The molecule has 8 nitrogen and oxygen atoms in total. The van der Waals surface area contributed by atoms with Crippen molar-refractivity contribution in [2.45, 2.75) is 32.8 Å². The number of H-pyrrole nitrogens is 1. The molecule has 0 bridgehead atoms. The van der Waals surface area contributed by atoms with Crippen molar-refractivity contribution in [1.29, 1.82) is 0 Å². The molecule has 0 saturated heterocycles. The molecule has 0 fully saturated rings. The van der Waals surface area contributed by atoms with Crippen molar-refractivity contribution in [1.82, 2.24) is 4.98 Å². The fraction of sp³-hybridized carbons (Fsp3) is 0.350. The molecule has 0 radical (unpaired) electrons. The van der Waals surface area contributed by atoms with Crippen molar-refractivity contribution in [3.63, 3.8) is 0 Å². The van der Waals surface area contributed by atoms with E-state index >= 15 is 0 Å². The number of carbonyl (C=O) groups is 3. The van der Waals surface area contributed by atoms with E-state index in [2.05, 4.69) is 15.0 Å². The van der Waals surface area contributed by atoms with Gasteiger partial charge in [-0.25, -0.2) is 4.79 Å². The predicted molar refractivity (Wildman–Crippen MR) is 102 cm³/mol. The first-order chi connectivity index (χ1) is 13.4. The number of methoxy groups -OCH3 is 2. The molecule has 150 valence electrons. The topological polar surface area (TPSA) is 107 Å². The Balaban J connectivity index is 2.14. The quantitative estimate of drug-likeness (QED) is 0.532. The van der Waals surface area contributed by atoms with Gasteiger partial charge in [-0.3, -0.25) is 14.9 Å². The van der Waals surface area contributed by atoms with Gasteiger partial charge in [0.05, 0.1) is 20.6 Å². The maximum atomic E-state index is 12.2. The molecule has 0 aliphatic carbocycles. The Kier molecular flexibility index (Phi) is 7.62. The normalized spacial score (nSPS) is 10.2. The van der Waals surface area contributed by atoms with E-state index in [4.69, 9.17) is 9.47 Å². The van der Waals surface area contributed by atoms with Crippen molar-refractivity contribution in [3.05, 3.63) is 52.7 Å². The van der Waals surface area contributed by atoms with Crippen LogP contribution < -0.4 is 5.32 Å². The summed E-state index contributed by atoms with van der Waals surface area (Å²) in [7, 11) is 2.61. The molecule has 0 saturated carbocycles. The number of hydrogen-bond acceptors (Lipinski definition) is 6. The van der Waals surface area contributed by atoms with Crippen LogP contribution in [0.25, 0.3) is 0 Å². The molecule has 0 aliphatic rings. The van der Waals surface area contributed by atoms with Gasteiger partial charge < -0.3 is 19.2 Å². The highest BCUT2D eigenvalue weighted by atomic mass is 16.5. The summed E-state index contributed by atoms with van der Waals surface area (Å²) in [5.41, 5.74) is 2.88. The van der Waals surface area contributed by atoms with E-state index < -0.39 is 12.1 Å². The lowest BCUT2D eigenvalue weighted by molar-refractivity contribution is -0.140. The molecule has 28 heavy (non-hydrogen) atoms. The van der Waals surface area contributed by atoms with Gasteiger partial charge in [-0.15, -0.1) is 0 Å². The average Bonchev–Trinajstić information content (AvgIpc) is 2.99. The molecular formula is C20H24N2O6. The highest BCUT2D eigenvalue weighted by Gasteiger charge is 2.20. The minimum absolute atomic E-state index is 0.0239. The number of anilines is 1. The van der Waals surface area contributed by atoms with E-state index in [1.165, 1.54) is 14.2 Å². The summed E-state index contributed by atoms with van der Waals surface area (Å²) in [5.74, 6) is -0.418. The Labute approximate surface area is 163 Å². The Bertz CT molecular complexity index is 829. The summed E-state index contributed by atoms with van der Waals surface area (Å²) in [5, 5.41) is 2.65. The second-order valence-electron chi connectivity index (χ2n) is 6.10. The lowest BCUT2D eigenvalue weighted by Crippen LogP contribution is -2.15. The summed E-state index contributed by atoms with van der Waals surface area (Å²) in [6.07, 6.45) is -0.224. The summed E-state index contributed by atoms with van der Waals surface area (Å²) >= 11 is 0. The molecule has 0 spiro atoms. The average molecular weight is 388 g/mol. The van der Waals surface area contributed by atoms with Crippen LogP contribution in [0, 0.1) is 6.92 Å². The van der Waals surface area contributed by atoms with Crippen LogP contribution in [-0.2, 0) is 43.2 Å². The van der Waals surface area contributed by atoms with E-state index in [0.717, 1.165) is 5.56 Å². The highest BCUT2D eigenvalue weighted by Crippen LogP contribution is 2.26. The molecule has 1 aromatic carbocycles. The number of ether oxygens (including phenoxy) is 3. The van der Waals surface area contributed by atoms with E-state index in [-0.39, 0.29) is 31.8 Å². The first kappa shape index (κ1) is 21.0. The van der Waals surface area contributed by atoms with E-state index in [1.807, 2.05) is 30.3 Å². The zero-order valence-electron chi connectivity index (χ0n) is 16.2. The second-order valence-corrected chi connectivity index (χ2v) is 6.10. The fourth-order valence-electron chi connectivity index (χ4n) is 2.74. The number of carbonyl (C=O) groups excluding carboxylic acids is 3. The van der Waals surface area contributed by atoms with Crippen LogP contribution in [0.3, 0.4) is 0 Å². The minimum atomic E-state index is -0.644. The van der Waals surface area contributed by atoms with Crippen LogP contribution in [0.2, 0.25) is 0 Å². The van der Waals surface area contributed by atoms with Crippen molar-refractivity contribution in [2.24, 2.45) is 0 Å². The predicted octanol–water partition coefficient (Wildman–Crippen LogP) is 2.89. The molecule has 0 aliphatic heterocycles. The van der Waals surface area contributed by atoms with Gasteiger partial charge in [0.1, 0.15) is 12.4 Å². The number of esters is 2. The van der Waals surface area contributed by atoms with Gasteiger partial charge in [-0.05, 0) is 30.0 Å². The number of hydrogen-bond donors (Lipinski definition) is 2. The molecular weight excluding hydrogens is 364 g/mol. The minimum Gasteiger partial charge on any atom is -0.469 e. The molecule has 0 unspecified atom stereocenters. The largest absolute Gasteiger partial charge is 0.469 e. The third-order valence-electron chi connectivity index (χ3n) is 4.23. The maximum Gasteiger partial charge on any atom is 0.413 e. The standard InChI is InChI=1S/C20H24N2O6/c1-13-16(11-18(24)27-3)15(9-10-17(23)26-2)19(21-13)22-20(25)28-12-14-7-5-4-6-8-14/h4-8,21H,9-12H2,1-3H3,(H,22,25). The number of rotatable bonds is 8. The molecule has 2 rings (SSSR count). The van der Waals surface area contributed by atoms with Gasteiger partial charge in [-0.2, -0.15) is 0 Å². The monoisotopic (exact) mass is 388 g/mol. The lowest BCUT2D eigenvalue weighted by Gasteiger charge is -2.09. The molecule has 2 aromatic rings. The summed E-state index contributed by atoms with van der Waals surface area (Å²) in [6.45, 7) is 1.90. The molecule has 1 aromatic heterocycles. The maximum absolute atomic E-state index is 12.2. The molecule has 8 heteroatoms. The van der Waals surface area contributed by atoms with Crippen LogP contribution in [-0.4, -0.2) is 37.2 Å². The first-order valence-electron chi connectivity index (χ1n) is 8.76. The van der Waals surface area contributed by atoms with Gasteiger partial charge >= 0.3 is 18.0 Å². The van der Waals surface area contributed by atoms with Crippen molar-refractivity contribution < 1.29 is 28.6 Å². The van der Waals surface area contributed by atoms with E-state index in [1.54, 1.807) is 6.92 Å². The Morgan fingerprint density at radius 3 is 2.32 bits per heavy atom. The van der Waals surface area contributed by atoms with Crippen LogP contribution >= 0.6 is 0 Å². The number of benzene rings is 1. The van der Waals surface area contributed by atoms with Gasteiger partial charge in [-0.1, -0.05) is 30.3 Å². The molecule has 1 heterocycles. The molecule has 2 N–H and O–H groups in total. The van der Waals surface area contributed by atoms with Gasteiger partial charge in [0.2, 0.25) is 0 Å². The van der Waals surface area contributed by atoms with Crippen LogP contribution in [0.4, 0.5) is 10.6 Å². The van der Waals surface area contributed by atoms with Crippen molar-refractivity contribution in [3.8, 4) is 0 Å². The van der Waals surface area contributed by atoms with Gasteiger partial charge in [0.25, 0.3) is 0 Å². The Hall–Kier alpha value is -3.29. The number of amides is 1. The summed E-state index contributed by atoms with van der Waals surface area (Å²) < 4.78 is 14.6. The third-order valence-corrected chi connectivity index (χ3v) is 4.23. The first-order valence-corrected chi connectivity index (χ1v) is 8.76. The highest BCUT2D eigenvalue weighted by molar-refractivity contribution is 5.86. The van der Waals surface area contributed by atoms with Crippen LogP contribution in [0.15, 0.2) is 30.3 Å². The summed E-state index contributed by atoms with van der Waals surface area (Å²) in [4.78, 5) is 38.5. The van der Waals surface area contributed by atoms with Gasteiger partial charge in [0, 0.05) is 12.1 Å².